The molecule has 3 heterocycles. The van der Waals surface area contributed by atoms with Crippen molar-refractivity contribution in [3.63, 3.8) is 0 Å². The van der Waals surface area contributed by atoms with Gasteiger partial charge in [-0.05, 0) is 72.8 Å². The van der Waals surface area contributed by atoms with E-state index in [0.717, 1.165) is 48.2 Å². The molecule has 0 atom stereocenters. The van der Waals surface area contributed by atoms with E-state index >= 15 is 0 Å². The lowest BCUT2D eigenvalue weighted by Gasteiger charge is -2.30. The summed E-state index contributed by atoms with van der Waals surface area (Å²) in [7, 11) is 0. The van der Waals surface area contributed by atoms with Gasteiger partial charge >= 0.3 is 5.97 Å². The number of aromatic nitrogens is 3. The van der Waals surface area contributed by atoms with Gasteiger partial charge in [0, 0.05) is 17.8 Å². The van der Waals surface area contributed by atoms with Crippen LogP contribution >= 0.6 is 0 Å². The average Bonchev–Trinajstić information content (AvgIpc) is 2.98. The number of carboxylic acid groups (broad SMARTS) is 1. The van der Waals surface area contributed by atoms with Crippen LogP contribution < -0.4 is 10.3 Å². The molecule has 4 aromatic rings. The Bertz CT molecular complexity index is 1580. The third-order valence-corrected chi connectivity index (χ3v) is 7.03. The fraction of sp³-hybridized carbons (Fsp3) is 0.258. The lowest BCUT2D eigenvalue weighted by atomic mass is 9.98. The fourth-order valence-electron chi connectivity index (χ4n) is 4.86. The molecule has 9 nitrogen and oxygen atoms in total. The standard InChI is InChI=1S/C31H29N5O4/c32-15-23-3-1-5-25(13-23)27-7-8-29(37)36(19-27)18-24-4-2-6-26(14-24)31-33-16-28(17-34-31)40-21-22-9-11-35(12-10-22)20-30(38)39/h1-8,13-14,16-17,19,22H,9-12,18,20-21H2,(H,38,39). The molecule has 40 heavy (non-hydrogen) atoms. The highest BCUT2D eigenvalue weighted by atomic mass is 16.5. The monoisotopic (exact) mass is 535 g/mol. The summed E-state index contributed by atoms with van der Waals surface area (Å²) in [4.78, 5) is 34.4. The minimum atomic E-state index is -0.792. The molecule has 0 amide bonds. The predicted molar refractivity (Wildman–Crippen MR) is 150 cm³/mol. The minimum absolute atomic E-state index is 0.0883. The molecule has 0 aliphatic carbocycles. The molecule has 2 aromatic carbocycles. The predicted octanol–water partition coefficient (Wildman–Crippen LogP) is 4.07. The Morgan fingerprint density at radius 1 is 1.00 bits per heavy atom. The number of nitrogens with zero attached hydrogens (tertiary/aromatic N) is 5. The van der Waals surface area contributed by atoms with E-state index < -0.39 is 5.97 Å². The van der Waals surface area contributed by atoms with Crippen molar-refractivity contribution in [2.45, 2.75) is 19.4 Å². The molecule has 1 N–H and O–H groups in total. The number of carboxylic acids is 1. The number of hydrogen-bond donors (Lipinski definition) is 1. The normalized spacial score (nSPS) is 14.0. The summed E-state index contributed by atoms with van der Waals surface area (Å²) in [6, 6.07) is 20.5. The highest BCUT2D eigenvalue weighted by Gasteiger charge is 2.21. The van der Waals surface area contributed by atoms with Crippen LogP contribution in [0.5, 0.6) is 5.75 Å². The number of likely N-dealkylation sites (tertiary alicyclic amines) is 1. The second-order valence-electron chi connectivity index (χ2n) is 9.94. The number of ether oxygens (including phenoxy) is 1. The number of carbonyl (C=O) groups is 1. The van der Waals surface area contributed by atoms with Gasteiger partial charge in [0.2, 0.25) is 0 Å². The number of piperidine rings is 1. The second-order valence-corrected chi connectivity index (χ2v) is 9.94. The highest BCUT2D eigenvalue weighted by Crippen LogP contribution is 2.22. The van der Waals surface area contributed by atoms with E-state index in [1.807, 2.05) is 47.5 Å². The van der Waals surface area contributed by atoms with Crippen LogP contribution in [0.1, 0.15) is 24.0 Å². The van der Waals surface area contributed by atoms with Crippen LogP contribution in [-0.2, 0) is 11.3 Å². The summed E-state index contributed by atoms with van der Waals surface area (Å²) in [5.74, 6) is 0.737. The van der Waals surface area contributed by atoms with Crippen LogP contribution in [0.2, 0.25) is 0 Å². The van der Waals surface area contributed by atoms with Crippen molar-refractivity contribution >= 4 is 5.97 Å². The number of benzene rings is 2. The van der Waals surface area contributed by atoms with Crippen molar-refractivity contribution in [2.75, 3.05) is 26.2 Å². The molecule has 0 saturated carbocycles. The summed E-state index contributed by atoms with van der Waals surface area (Å²) in [6.45, 7) is 2.54. The van der Waals surface area contributed by atoms with Gasteiger partial charge in [-0.2, -0.15) is 5.26 Å². The molecule has 1 fully saturated rings. The molecule has 1 saturated heterocycles. The molecule has 0 radical (unpaired) electrons. The fourth-order valence-corrected chi connectivity index (χ4v) is 4.86. The molecule has 202 valence electrons. The Balaban J connectivity index is 1.22. The van der Waals surface area contributed by atoms with E-state index in [1.54, 1.807) is 41.2 Å². The maximum absolute atomic E-state index is 12.6. The Hall–Kier alpha value is -4.81. The maximum Gasteiger partial charge on any atom is 0.317 e. The van der Waals surface area contributed by atoms with Gasteiger partial charge in [0.05, 0.1) is 43.7 Å². The van der Waals surface area contributed by atoms with Gasteiger partial charge in [0.15, 0.2) is 11.6 Å². The van der Waals surface area contributed by atoms with Crippen molar-refractivity contribution in [2.24, 2.45) is 5.92 Å². The maximum atomic E-state index is 12.6. The van der Waals surface area contributed by atoms with Crippen LogP contribution in [0, 0.1) is 17.2 Å². The number of rotatable bonds is 9. The first-order valence-electron chi connectivity index (χ1n) is 13.2. The Morgan fingerprint density at radius 3 is 2.50 bits per heavy atom. The summed E-state index contributed by atoms with van der Waals surface area (Å²) in [6.07, 6.45) is 6.94. The molecular formula is C31H29N5O4. The van der Waals surface area contributed by atoms with Crippen LogP contribution in [0.25, 0.3) is 22.5 Å². The van der Waals surface area contributed by atoms with Gasteiger partial charge in [-0.25, -0.2) is 9.97 Å². The number of hydrogen-bond acceptors (Lipinski definition) is 7. The second kappa shape index (κ2) is 12.4. The summed E-state index contributed by atoms with van der Waals surface area (Å²) >= 11 is 0. The summed E-state index contributed by atoms with van der Waals surface area (Å²) < 4.78 is 7.57. The molecule has 9 heteroatoms. The Morgan fingerprint density at radius 2 is 1.75 bits per heavy atom. The lowest BCUT2D eigenvalue weighted by molar-refractivity contribution is -0.138. The zero-order valence-corrected chi connectivity index (χ0v) is 21.9. The van der Waals surface area contributed by atoms with Crippen molar-refractivity contribution < 1.29 is 14.6 Å². The third-order valence-electron chi connectivity index (χ3n) is 7.03. The first kappa shape index (κ1) is 26.8. The smallest absolute Gasteiger partial charge is 0.317 e. The molecule has 5 rings (SSSR count). The zero-order chi connectivity index (χ0) is 27.9. The van der Waals surface area contributed by atoms with E-state index in [4.69, 9.17) is 9.84 Å². The van der Waals surface area contributed by atoms with E-state index in [9.17, 15) is 14.9 Å². The molecule has 0 spiro atoms. The molecule has 0 bridgehead atoms. The van der Waals surface area contributed by atoms with Crippen molar-refractivity contribution in [3.8, 4) is 34.3 Å². The van der Waals surface area contributed by atoms with Crippen LogP contribution in [0.15, 0.2) is 84.0 Å². The van der Waals surface area contributed by atoms with E-state index in [2.05, 4.69) is 16.0 Å². The van der Waals surface area contributed by atoms with Crippen LogP contribution in [0.3, 0.4) is 0 Å². The topological polar surface area (TPSA) is 121 Å². The Kier molecular flexibility index (Phi) is 8.28. The SMILES string of the molecule is N#Cc1cccc(-c2ccc(=O)n(Cc3cccc(-c4ncc(OCC5CCN(CC(=O)O)CC5)cn4)c3)c2)c1. The summed E-state index contributed by atoms with van der Waals surface area (Å²) in [5, 5.41) is 18.2. The molecule has 1 aliphatic heterocycles. The minimum Gasteiger partial charge on any atom is -0.490 e. The van der Waals surface area contributed by atoms with Crippen molar-refractivity contribution in [1.82, 2.24) is 19.4 Å². The van der Waals surface area contributed by atoms with Crippen LogP contribution in [-0.4, -0.2) is 56.8 Å². The van der Waals surface area contributed by atoms with E-state index in [1.165, 1.54) is 0 Å². The van der Waals surface area contributed by atoms with Crippen LogP contribution in [0.4, 0.5) is 0 Å². The van der Waals surface area contributed by atoms with E-state index in [0.29, 0.717) is 36.2 Å². The average molecular weight is 536 g/mol. The van der Waals surface area contributed by atoms with Crippen molar-refractivity contribution in [1.29, 1.82) is 5.26 Å². The highest BCUT2D eigenvalue weighted by molar-refractivity contribution is 5.69. The molecule has 0 unspecified atom stereocenters. The quantitative estimate of drug-likeness (QED) is 0.341. The first-order chi connectivity index (χ1) is 19.5. The van der Waals surface area contributed by atoms with Gasteiger partial charge in [-0.1, -0.05) is 30.3 Å². The largest absolute Gasteiger partial charge is 0.490 e. The zero-order valence-electron chi connectivity index (χ0n) is 21.9. The Labute approximate surface area is 231 Å². The lowest BCUT2D eigenvalue weighted by Crippen LogP contribution is -2.38. The van der Waals surface area contributed by atoms with Gasteiger partial charge in [-0.3, -0.25) is 14.5 Å². The van der Waals surface area contributed by atoms with Gasteiger partial charge in [0.25, 0.3) is 5.56 Å². The molecular weight excluding hydrogens is 506 g/mol. The van der Waals surface area contributed by atoms with Crippen molar-refractivity contribution in [3.05, 3.63) is 101 Å². The van der Waals surface area contributed by atoms with Gasteiger partial charge in [-0.15, -0.1) is 0 Å². The summed E-state index contributed by atoms with van der Waals surface area (Å²) in [5.41, 5.74) is 3.95. The van der Waals surface area contributed by atoms with Gasteiger partial charge in [0.1, 0.15) is 0 Å². The molecule has 2 aromatic heterocycles. The molecule has 1 aliphatic rings. The third kappa shape index (κ3) is 6.79. The van der Waals surface area contributed by atoms with Gasteiger partial charge < -0.3 is 14.4 Å². The number of pyridine rings is 1. The first-order valence-corrected chi connectivity index (χ1v) is 13.2. The number of aliphatic carboxylic acids is 1. The number of nitriles is 1. The van der Waals surface area contributed by atoms with E-state index in [-0.39, 0.29) is 12.1 Å².